The molecule has 10 heteroatoms. The molecule has 0 spiro atoms. The number of amides is 1. The van der Waals surface area contributed by atoms with Gasteiger partial charge in [-0.15, -0.1) is 0 Å². The van der Waals surface area contributed by atoms with E-state index in [-0.39, 0.29) is 40.4 Å². The fourth-order valence-electron chi connectivity index (χ4n) is 3.44. The molecule has 0 saturated heterocycles. The van der Waals surface area contributed by atoms with Crippen LogP contribution in [0.15, 0.2) is 29.4 Å². The van der Waals surface area contributed by atoms with Crippen molar-refractivity contribution in [3.63, 3.8) is 0 Å². The number of aromatic nitrogens is 2. The topological polar surface area (TPSA) is 87.8 Å². The van der Waals surface area contributed by atoms with Gasteiger partial charge in [0.25, 0.3) is 5.91 Å². The summed E-state index contributed by atoms with van der Waals surface area (Å²) in [7, 11) is -1.93. The molecule has 0 bridgehead atoms. The number of pyridine rings is 1. The lowest BCUT2D eigenvalue weighted by atomic mass is 10.2. The summed E-state index contributed by atoms with van der Waals surface area (Å²) >= 11 is 0. The Morgan fingerprint density at radius 2 is 2.14 bits per heavy atom. The smallest absolute Gasteiger partial charge is 0.345 e. The number of carbonyl (C=O) groups excluding carboxylic acids is 1. The van der Waals surface area contributed by atoms with Gasteiger partial charge in [-0.3, -0.25) is 9.00 Å². The normalized spacial score (nSPS) is 19.5. The first kappa shape index (κ1) is 19.9. The fraction of sp³-hybridized carbons (Fsp3) is 0.333. The average molecular weight is 410 g/mol. The maximum absolute atomic E-state index is 13.4. The van der Waals surface area contributed by atoms with Crippen LogP contribution in [0.1, 0.15) is 34.6 Å². The molecule has 6 nitrogen and oxygen atoms in total. The van der Waals surface area contributed by atoms with Gasteiger partial charge < -0.3 is 9.88 Å². The van der Waals surface area contributed by atoms with Gasteiger partial charge in [0.15, 0.2) is 0 Å². The minimum Gasteiger partial charge on any atom is -0.345 e. The van der Waals surface area contributed by atoms with E-state index in [9.17, 15) is 22.2 Å². The second-order valence-electron chi connectivity index (χ2n) is 6.48. The molecule has 1 atom stereocenters. The Bertz CT molecular complexity index is 1120. The van der Waals surface area contributed by atoms with E-state index in [0.717, 1.165) is 0 Å². The standard InChI is InChI=1S/C18H17F3N4O2S/c1-11-14(28(27)7-3-4-15(28)18(19,20)21)10-25(2)16(11)17(26)24-12-5-6-23-13(8-12)9-22/h5-6,8,10H,3-4,7H2,1-2H3,(H,23,24,26). The van der Waals surface area contributed by atoms with Gasteiger partial charge in [0, 0.05) is 40.4 Å². The molecule has 0 aromatic carbocycles. The first-order chi connectivity index (χ1) is 13.1. The Morgan fingerprint density at radius 1 is 1.43 bits per heavy atom. The lowest BCUT2D eigenvalue weighted by Crippen LogP contribution is -2.27. The van der Waals surface area contributed by atoms with Gasteiger partial charge in [-0.1, -0.05) is 0 Å². The summed E-state index contributed by atoms with van der Waals surface area (Å²) in [5, 5.41) is 11.5. The number of hydrogen-bond acceptors (Lipinski definition) is 4. The van der Waals surface area contributed by atoms with Gasteiger partial charge in [0.2, 0.25) is 0 Å². The molecule has 0 fully saturated rings. The highest BCUT2D eigenvalue weighted by Gasteiger charge is 2.43. The van der Waals surface area contributed by atoms with Crippen LogP contribution < -0.4 is 5.32 Å². The first-order valence-corrected chi connectivity index (χ1v) is 10.1. The van der Waals surface area contributed by atoms with E-state index in [4.69, 9.17) is 5.26 Å². The highest BCUT2D eigenvalue weighted by atomic mass is 32.2. The number of nitrogens with one attached hydrogen (secondary N) is 1. The average Bonchev–Trinajstić information content (AvgIpc) is 3.15. The molecule has 2 aromatic heterocycles. The molecule has 3 rings (SSSR count). The number of alkyl halides is 3. The molecular weight excluding hydrogens is 393 g/mol. The van der Waals surface area contributed by atoms with Crippen LogP contribution >= 0.6 is 0 Å². The largest absolute Gasteiger partial charge is 0.420 e. The molecule has 28 heavy (non-hydrogen) atoms. The van der Waals surface area contributed by atoms with Gasteiger partial charge in [-0.25, -0.2) is 4.98 Å². The van der Waals surface area contributed by atoms with Crippen molar-refractivity contribution in [2.75, 3.05) is 11.1 Å². The predicted molar refractivity (Wildman–Crippen MR) is 98.6 cm³/mol. The van der Waals surface area contributed by atoms with Crippen LogP contribution in [0.25, 0.3) is 0 Å². The minimum atomic E-state index is -4.64. The zero-order valence-electron chi connectivity index (χ0n) is 15.1. The molecule has 1 N–H and O–H groups in total. The van der Waals surface area contributed by atoms with Gasteiger partial charge in [0.05, 0.1) is 9.76 Å². The van der Waals surface area contributed by atoms with Crippen molar-refractivity contribution in [1.29, 1.82) is 5.26 Å². The van der Waals surface area contributed by atoms with Crippen molar-refractivity contribution < 1.29 is 22.2 Å². The van der Waals surface area contributed by atoms with Crippen LogP contribution in [0.4, 0.5) is 18.9 Å². The Balaban J connectivity index is 2.04. The summed E-state index contributed by atoms with van der Waals surface area (Å²) in [6, 6.07) is 4.72. The van der Waals surface area contributed by atoms with Gasteiger partial charge in [-0.05, 0) is 37.5 Å². The summed E-state index contributed by atoms with van der Waals surface area (Å²) in [5.74, 6) is -0.653. The molecule has 0 radical (unpaired) electrons. The Labute approximate surface area is 160 Å². The van der Waals surface area contributed by atoms with E-state index in [2.05, 4.69) is 10.3 Å². The van der Waals surface area contributed by atoms with E-state index in [1.54, 1.807) is 0 Å². The van der Waals surface area contributed by atoms with E-state index < -0.39 is 26.5 Å². The maximum atomic E-state index is 13.4. The summed E-state index contributed by atoms with van der Waals surface area (Å²) in [4.78, 5) is 15.7. The lowest BCUT2D eigenvalue weighted by molar-refractivity contribution is -0.0579. The quantitative estimate of drug-likeness (QED) is 0.788. The third-order valence-corrected chi connectivity index (χ3v) is 7.86. The predicted octanol–water partition coefficient (Wildman–Crippen LogP) is 3.02. The third kappa shape index (κ3) is 3.38. The van der Waals surface area contributed by atoms with Gasteiger partial charge >= 0.3 is 6.18 Å². The Morgan fingerprint density at radius 3 is 2.79 bits per heavy atom. The van der Waals surface area contributed by atoms with Crippen LogP contribution in [0.2, 0.25) is 0 Å². The van der Waals surface area contributed by atoms with Crippen LogP contribution in [0.5, 0.6) is 0 Å². The molecule has 0 aliphatic carbocycles. The zero-order valence-corrected chi connectivity index (χ0v) is 15.9. The molecule has 1 amide bonds. The number of carbonyl (C=O) groups is 1. The molecule has 1 aliphatic rings. The summed E-state index contributed by atoms with van der Waals surface area (Å²) in [6.45, 7) is 1.50. The molecule has 148 valence electrons. The van der Waals surface area contributed by atoms with Gasteiger partial charge in [0.1, 0.15) is 17.5 Å². The molecule has 1 aliphatic heterocycles. The summed E-state index contributed by atoms with van der Waals surface area (Å²) in [6.07, 6.45) is -2.00. The van der Waals surface area contributed by atoms with Crippen LogP contribution in [-0.2, 0) is 16.6 Å². The van der Waals surface area contributed by atoms with Crippen molar-refractivity contribution in [2.45, 2.75) is 30.8 Å². The monoisotopic (exact) mass is 410 g/mol. The van der Waals surface area contributed by atoms with Crippen LogP contribution in [0.3, 0.4) is 0 Å². The first-order valence-electron chi connectivity index (χ1n) is 8.36. The zero-order chi connectivity index (χ0) is 20.7. The number of halogens is 3. The Hall–Kier alpha value is -2.80. The van der Waals surface area contributed by atoms with Crippen molar-refractivity contribution in [1.82, 2.24) is 9.55 Å². The fourth-order valence-corrected chi connectivity index (χ4v) is 6.49. The van der Waals surface area contributed by atoms with Gasteiger partial charge in [-0.2, -0.15) is 18.4 Å². The van der Waals surface area contributed by atoms with Crippen LogP contribution in [-0.4, -0.2) is 36.5 Å². The number of nitriles is 1. The molecular formula is C18H17F3N4O2S. The number of rotatable bonds is 3. The van der Waals surface area contributed by atoms with E-state index in [1.807, 2.05) is 6.07 Å². The minimum absolute atomic E-state index is 0.0532. The highest BCUT2D eigenvalue weighted by Crippen LogP contribution is 2.34. The number of hydrogen-bond donors (Lipinski definition) is 1. The number of anilines is 1. The van der Waals surface area contributed by atoms with Crippen LogP contribution in [0, 0.1) is 18.3 Å². The molecule has 3 heterocycles. The number of nitrogens with zero attached hydrogens (tertiary/aromatic N) is 3. The molecule has 1 unspecified atom stereocenters. The van der Waals surface area contributed by atoms with Crippen molar-refractivity contribution in [2.24, 2.45) is 7.05 Å². The maximum Gasteiger partial charge on any atom is 0.420 e. The van der Waals surface area contributed by atoms with E-state index in [0.29, 0.717) is 5.69 Å². The molecule has 0 saturated carbocycles. The Kier molecular flexibility index (Phi) is 4.97. The van der Waals surface area contributed by atoms with Crippen molar-refractivity contribution >= 4 is 26.0 Å². The molecule has 2 aromatic rings. The van der Waals surface area contributed by atoms with E-state index in [1.165, 1.54) is 43.1 Å². The summed E-state index contributed by atoms with van der Waals surface area (Å²) in [5.41, 5.74) is 0.802. The number of aryl methyl sites for hydroxylation is 1. The lowest BCUT2D eigenvalue weighted by Gasteiger charge is -2.13. The van der Waals surface area contributed by atoms with Crippen molar-refractivity contribution in [3.05, 3.63) is 41.5 Å². The SMILES string of the molecule is Cc1c(S2(=O)=C(C(F)(F)F)CCC2)cn(C)c1C(=O)Nc1ccnc(C#N)c1. The second kappa shape index (κ2) is 6.98. The third-order valence-electron chi connectivity index (χ3n) is 4.64. The van der Waals surface area contributed by atoms with E-state index >= 15 is 0 Å². The second-order valence-corrected chi connectivity index (χ2v) is 9.17. The summed E-state index contributed by atoms with van der Waals surface area (Å²) < 4.78 is 54.7. The van der Waals surface area contributed by atoms with Crippen molar-refractivity contribution in [3.8, 4) is 6.07 Å². The highest BCUT2D eigenvalue weighted by molar-refractivity contribution is 8.02.